The lowest BCUT2D eigenvalue weighted by atomic mass is 9.86. The molecule has 1 aliphatic carbocycles. The van der Waals surface area contributed by atoms with E-state index in [9.17, 15) is 10.4 Å². The fraction of sp³-hybridized carbons (Fsp3) is 0.167. The van der Waals surface area contributed by atoms with Crippen LogP contribution in [0, 0.1) is 11.3 Å². The summed E-state index contributed by atoms with van der Waals surface area (Å²) in [6.45, 7) is 0. The van der Waals surface area contributed by atoms with Crippen LogP contribution >= 0.6 is 11.6 Å². The first kappa shape index (κ1) is 14.6. The Kier molecular flexibility index (Phi) is 3.66. The van der Waals surface area contributed by atoms with Gasteiger partial charge < -0.3 is 10.8 Å². The molecule has 0 unspecified atom stereocenters. The van der Waals surface area contributed by atoms with E-state index in [1.807, 2.05) is 30.3 Å². The van der Waals surface area contributed by atoms with E-state index in [4.69, 9.17) is 17.3 Å². The fourth-order valence-electron chi connectivity index (χ4n) is 3.02. The molecule has 0 saturated carbocycles. The van der Waals surface area contributed by atoms with E-state index >= 15 is 0 Å². The predicted molar refractivity (Wildman–Crippen MR) is 86.0 cm³/mol. The minimum atomic E-state index is -1.34. The third-order valence-corrected chi connectivity index (χ3v) is 4.48. The summed E-state index contributed by atoms with van der Waals surface area (Å²) in [5.74, 6) is -0.202. The molecular weight excluding hydrogens is 296 g/mol. The van der Waals surface area contributed by atoms with E-state index < -0.39 is 5.60 Å². The average Bonchev–Trinajstić information content (AvgIpc) is 2.81. The van der Waals surface area contributed by atoms with Crippen LogP contribution in [0.4, 0.5) is 0 Å². The van der Waals surface area contributed by atoms with Gasteiger partial charge in [0.05, 0.1) is 17.3 Å². The monoisotopic (exact) mass is 310 g/mol. The van der Waals surface area contributed by atoms with Crippen molar-refractivity contribution < 1.29 is 5.11 Å². The number of halogens is 1. The molecule has 0 fully saturated rings. The van der Waals surface area contributed by atoms with Gasteiger partial charge in [-0.1, -0.05) is 54.1 Å². The molecule has 1 aliphatic rings. The van der Waals surface area contributed by atoms with Gasteiger partial charge in [-0.25, -0.2) is 0 Å². The van der Waals surface area contributed by atoms with Gasteiger partial charge in [0.15, 0.2) is 0 Å². The van der Waals surface area contributed by atoms with Crippen LogP contribution in [0.15, 0.2) is 65.9 Å². The number of rotatable bonds is 2. The summed E-state index contributed by atoms with van der Waals surface area (Å²) in [5.41, 5.74) is 7.10. The first-order chi connectivity index (χ1) is 10.6. The molecule has 3 nitrogen and oxygen atoms in total. The smallest absolute Gasteiger partial charge is 0.131 e. The van der Waals surface area contributed by atoms with Crippen molar-refractivity contribution in [3.8, 4) is 6.07 Å². The number of nitriles is 1. The van der Waals surface area contributed by atoms with E-state index in [0.717, 1.165) is 5.56 Å². The average molecular weight is 311 g/mol. The summed E-state index contributed by atoms with van der Waals surface area (Å²) in [6.07, 6.45) is 0.355. The van der Waals surface area contributed by atoms with Crippen LogP contribution in [0.1, 0.15) is 23.5 Å². The SMILES string of the molecule is N#CC1=C(N)[C@](O)(c2ccc(Cl)cc2)C[C@@H]1c1ccccc1. The quantitative estimate of drug-likeness (QED) is 0.892. The van der Waals surface area contributed by atoms with E-state index in [2.05, 4.69) is 6.07 Å². The van der Waals surface area contributed by atoms with Crippen molar-refractivity contribution in [2.24, 2.45) is 5.73 Å². The number of allylic oxidation sites excluding steroid dienone is 1. The Hall–Kier alpha value is -2.28. The second-order valence-electron chi connectivity index (χ2n) is 5.47. The maximum absolute atomic E-state index is 11.1. The summed E-state index contributed by atoms with van der Waals surface area (Å²) in [5, 5.41) is 21.1. The Morgan fingerprint density at radius 2 is 1.77 bits per heavy atom. The highest BCUT2D eigenvalue weighted by Gasteiger charge is 2.45. The zero-order chi connectivity index (χ0) is 15.7. The molecule has 2 aromatic rings. The number of hydrogen-bond donors (Lipinski definition) is 2. The molecule has 4 heteroatoms. The largest absolute Gasteiger partial charge is 0.399 e. The molecule has 3 rings (SSSR count). The molecule has 110 valence electrons. The Morgan fingerprint density at radius 3 is 2.36 bits per heavy atom. The van der Waals surface area contributed by atoms with Crippen molar-refractivity contribution in [2.45, 2.75) is 17.9 Å². The van der Waals surface area contributed by atoms with Crippen LogP contribution < -0.4 is 5.73 Å². The van der Waals surface area contributed by atoms with Crippen molar-refractivity contribution in [3.63, 3.8) is 0 Å². The molecule has 0 amide bonds. The van der Waals surface area contributed by atoms with Gasteiger partial charge in [0, 0.05) is 10.9 Å². The molecule has 2 atom stereocenters. The minimum Gasteiger partial charge on any atom is -0.399 e. The van der Waals surface area contributed by atoms with E-state index in [0.29, 0.717) is 22.6 Å². The summed E-state index contributed by atoms with van der Waals surface area (Å²) in [6, 6.07) is 18.7. The van der Waals surface area contributed by atoms with Crippen molar-refractivity contribution in [2.75, 3.05) is 0 Å². The standard InChI is InChI=1S/C18H15ClN2O/c19-14-8-6-13(7-9-14)18(22)10-15(16(11-20)17(18)21)12-4-2-1-3-5-12/h1-9,15,22H,10,21H2/t15-,18-/m1/s1. The van der Waals surface area contributed by atoms with Crippen molar-refractivity contribution >= 4 is 11.6 Å². The molecule has 0 aliphatic heterocycles. The molecule has 3 N–H and O–H groups in total. The molecule has 0 bridgehead atoms. The zero-order valence-corrected chi connectivity index (χ0v) is 12.6. The van der Waals surface area contributed by atoms with Gasteiger partial charge in [0.1, 0.15) is 5.60 Å². The van der Waals surface area contributed by atoms with Gasteiger partial charge >= 0.3 is 0 Å². The second-order valence-corrected chi connectivity index (χ2v) is 5.91. The fourth-order valence-corrected chi connectivity index (χ4v) is 3.15. The van der Waals surface area contributed by atoms with Crippen LogP contribution in [0.25, 0.3) is 0 Å². The topological polar surface area (TPSA) is 70.0 Å². The summed E-state index contributed by atoms with van der Waals surface area (Å²) >= 11 is 5.90. The van der Waals surface area contributed by atoms with E-state index in [-0.39, 0.29) is 11.6 Å². The normalized spacial score (nSPS) is 24.3. The van der Waals surface area contributed by atoms with Gasteiger partial charge in [0.25, 0.3) is 0 Å². The number of hydrogen-bond acceptors (Lipinski definition) is 3. The molecule has 2 aromatic carbocycles. The van der Waals surface area contributed by atoms with Gasteiger partial charge in [-0.15, -0.1) is 0 Å². The van der Waals surface area contributed by atoms with E-state index in [1.165, 1.54) is 0 Å². The summed E-state index contributed by atoms with van der Waals surface area (Å²) < 4.78 is 0. The van der Waals surface area contributed by atoms with Crippen LogP contribution in [0.5, 0.6) is 0 Å². The third kappa shape index (κ3) is 2.27. The lowest BCUT2D eigenvalue weighted by Crippen LogP contribution is -2.30. The first-order valence-corrected chi connectivity index (χ1v) is 7.37. The highest BCUT2D eigenvalue weighted by Crippen LogP contribution is 2.48. The Labute approximate surface area is 134 Å². The molecule has 22 heavy (non-hydrogen) atoms. The molecule has 0 radical (unpaired) electrons. The minimum absolute atomic E-state index is 0.202. The number of nitrogens with zero attached hydrogens (tertiary/aromatic N) is 1. The number of nitrogens with two attached hydrogens (primary N) is 1. The molecule has 0 aromatic heterocycles. The van der Waals surface area contributed by atoms with Gasteiger partial charge in [-0.05, 0) is 29.7 Å². The number of aliphatic hydroxyl groups is 1. The molecule has 0 saturated heterocycles. The van der Waals surface area contributed by atoms with Crippen LogP contribution in [0.3, 0.4) is 0 Å². The van der Waals surface area contributed by atoms with Gasteiger partial charge in [-0.3, -0.25) is 0 Å². The third-order valence-electron chi connectivity index (χ3n) is 4.23. The van der Waals surface area contributed by atoms with Gasteiger partial charge in [-0.2, -0.15) is 5.26 Å². The van der Waals surface area contributed by atoms with E-state index in [1.54, 1.807) is 24.3 Å². The molecular formula is C18H15ClN2O. The molecule has 0 heterocycles. The molecule has 0 spiro atoms. The number of benzene rings is 2. The maximum atomic E-state index is 11.1. The Morgan fingerprint density at radius 1 is 1.14 bits per heavy atom. The highest BCUT2D eigenvalue weighted by atomic mass is 35.5. The van der Waals surface area contributed by atoms with Crippen molar-refractivity contribution in [1.82, 2.24) is 0 Å². The maximum Gasteiger partial charge on any atom is 0.131 e. The second kappa shape index (κ2) is 5.49. The summed E-state index contributed by atoms with van der Waals surface area (Å²) in [4.78, 5) is 0. The van der Waals surface area contributed by atoms with Crippen molar-refractivity contribution in [1.29, 1.82) is 5.26 Å². The Balaban J connectivity index is 2.07. The van der Waals surface area contributed by atoms with Crippen LogP contribution in [-0.2, 0) is 5.60 Å². The van der Waals surface area contributed by atoms with Gasteiger partial charge in [0.2, 0.25) is 0 Å². The summed E-state index contributed by atoms with van der Waals surface area (Å²) in [7, 11) is 0. The van der Waals surface area contributed by atoms with Crippen LogP contribution in [0.2, 0.25) is 5.02 Å². The predicted octanol–water partition coefficient (Wildman–Crippen LogP) is 3.45. The Bertz CT molecular complexity index is 762. The van der Waals surface area contributed by atoms with Crippen molar-refractivity contribution in [3.05, 3.63) is 82.0 Å². The lowest BCUT2D eigenvalue weighted by molar-refractivity contribution is 0.0724. The lowest BCUT2D eigenvalue weighted by Gasteiger charge is -2.25. The zero-order valence-electron chi connectivity index (χ0n) is 11.8. The highest BCUT2D eigenvalue weighted by molar-refractivity contribution is 6.30. The first-order valence-electron chi connectivity index (χ1n) is 7.00. The van der Waals surface area contributed by atoms with Crippen LogP contribution in [-0.4, -0.2) is 5.11 Å².